The molecule has 0 radical (unpaired) electrons. The van der Waals surface area contributed by atoms with E-state index in [9.17, 15) is 32.4 Å². The molecule has 1 aliphatic rings. The second-order valence-electron chi connectivity index (χ2n) is 9.53. The number of hydrogen-bond acceptors (Lipinski definition) is 8. The smallest absolute Gasteiger partial charge is 0.405 e. The van der Waals surface area contributed by atoms with E-state index in [-0.39, 0.29) is 50.8 Å². The lowest BCUT2D eigenvalue weighted by Crippen LogP contribution is -2.35. The lowest BCUT2D eigenvalue weighted by molar-refractivity contribution is -0.115. The van der Waals surface area contributed by atoms with Gasteiger partial charge in [-0.3, -0.25) is 9.59 Å². The number of benzene rings is 1. The standard InChI is InChI=1S/C28H22F4N6O4/c1-34-24(40)20-18-10-17(15-9-19(25(41-2)35-11-15)23(39)38-27(12-33)7-8-27)22(36-13-28(30,31)32)37-26(18)42-21(20)14-3-5-16(29)6-4-14/h3-6,9-11H,7-8,13H2,1-2H3,(H,34,40)(H,36,37)(H,38,39). The molecule has 3 heterocycles. The molecular formula is C28H22F4N6O4. The summed E-state index contributed by atoms with van der Waals surface area (Å²) in [6.45, 7) is -1.45. The molecule has 42 heavy (non-hydrogen) atoms. The molecule has 0 unspecified atom stereocenters. The van der Waals surface area contributed by atoms with Gasteiger partial charge in [0.05, 0.1) is 24.1 Å². The largest absolute Gasteiger partial charge is 0.480 e. The van der Waals surface area contributed by atoms with Gasteiger partial charge in [-0.15, -0.1) is 0 Å². The number of aromatic nitrogens is 2. The SMILES string of the molecule is CNC(=O)c1c(-c2ccc(F)cc2)oc2nc(NCC(F)(F)F)c(-c3cnc(OC)c(C(=O)NC4(C#N)CC4)c3)cc12. The second kappa shape index (κ2) is 10.7. The van der Waals surface area contributed by atoms with E-state index in [4.69, 9.17) is 9.15 Å². The fraction of sp³-hybridized carbons (Fsp3) is 0.250. The molecule has 5 rings (SSSR count). The van der Waals surface area contributed by atoms with Gasteiger partial charge in [-0.2, -0.15) is 23.4 Å². The molecule has 0 atom stereocenters. The third kappa shape index (κ3) is 5.53. The highest BCUT2D eigenvalue weighted by Crippen LogP contribution is 2.39. The van der Waals surface area contributed by atoms with Gasteiger partial charge in [0.2, 0.25) is 11.6 Å². The zero-order valence-electron chi connectivity index (χ0n) is 22.1. The maximum Gasteiger partial charge on any atom is 0.405 e. The number of rotatable bonds is 8. The second-order valence-corrected chi connectivity index (χ2v) is 9.53. The molecule has 216 valence electrons. The van der Waals surface area contributed by atoms with Crippen LogP contribution in [0.3, 0.4) is 0 Å². The Morgan fingerprint density at radius 1 is 1.14 bits per heavy atom. The molecule has 3 aromatic heterocycles. The predicted octanol–water partition coefficient (Wildman–Crippen LogP) is 4.82. The van der Waals surface area contributed by atoms with E-state index in [0.717, 1.165) is 0 Å². The van der Waals surface area contributed by atoms with Crippen molar-refractivity contribution in [1.29, 1.82) is 5.26 Å². The van der Waals surface area contributed by atoms with E-state index in [2.05, 4.69) is 25.9 Å². The quantitative estimate of drug-likeness (QED) is 0.251. The highest BCUT2D eigenvalue weighted by atomic mass is 19.4. The average molecular weight is 583 g/mol. The van der Waals surface area contributed by atoms with E-state index in [1.54, 1.807) is 0 Å². The third-order valence-electron chi connectivity index (χ3n) is 6.62. The number of carbonyl (C=O) groups excluding carboxylic acids is 2. The van der Waals surface area contributed by atoms with Crippen LogP contribution in [0.5, 0.6) is 5.88 Å². The minimum absolute atomic E-state index is 0.0133. The summed E-state index contributed by atoms with van der Waals surface area (Å²) in [4.78, 5) is 34.5. The first kappa shape index (κ1) is 28.3. The number of pyridine rings is 2. The zero-order chi connectivity index (χ0) is 30.2. The number of furan rings is 1. The Hall–Kier alpha value is -5.19. The summed E-state index contributed by atoms with van der Waals surface area (Å²) in [5, 5.41) is 16.9. The number of ether oxygens (including phenoxy) is 1. The normalized spacial score (nSPS) is 13.7. The summed E-state index contributed by atoms with van der Waals surface area (Å²) in [6, 6.07) is 9.89. The van der Waals surface area contributed by atoms with Gasteiger partial charge in [0, 0.05) is 29.9 Å². The fourth-order valence-corrected chi connectivity index (χ4v) is 4.32. The van der Waals surface area contributed by atoms with Gasteiger partial charge in [-0.1, -0.05) is 0 Å². The number of nitrogens with one attached hydrogen (secondary N) is 3. The Kier molecular flexibility index (Phi) is 7.19. The molecule has 4 aromatic rings. The first-order valence-corrected chi connectivity index (χ1v) is 12.5. The summed E-state index contributed by atoms with van der Waals surface area (Å²) >= 11 is 0. The molecular weight excluding hydrogens is 560 g/mol. The first-order chi connectivity index (χ1) is 20.0. The Morgan fingerprint density at radius 2 is 1.86 bits per heavy atom. The van der Waals surface area contributed by atoms with Crippen LogP contribution in [0.2, 0.25) is 0 Å². The highest BCUT2D eigenvalue weighted by Gasteiger charge is 2.45. The van der Waals surface area contributed by atoms with E-state index in [0.29, 0.717) is 18.4 Å². The number of carbonyl (C=O) groups is 2. The van der Waals surface area contributed by atoms with Gasteiger partial charge < -0.3 is 25.1 Å². The minimum Gasteiger partial charge on any atom is -0.480 e. The van der Waals surface area contributed by atoms with Gasteiger partial charge in [-0.25, -0.2) is 9.37 Å². The van der Waals surface area contributed by atoms with Crippen LogP contribution in [0.4, 0.5) is 23.4 Å². The maximum absolute atomic E-state index is 13.6. The molecule has 0 aliphatic heterocycles. The van der Waals surface area contributed by atoms with Crippen molar-refractivity contribution in [2.75, 3.05) is 26.0 Å². The lowest BCUT2D eigenvalue weighted by Gasteiger charge is -2.15. The monoisotopic (exact) mass is 582 g/mol. The molecule has 3 N–H and O–H groups in total. The molecule has 1 aromatic carbocycles. The van der Waals surface area contributed by atoms with Crippen LogP contribution in [0.15, 0.2) is 47.0 Å². The van der Waals surface area contributed by atoms with Crippen LogP contribution < -0.4 is 20.7 Å². The molecule has 0 saturated heterocycles. The van der Waals surface area contributed by atoms with Gasteiger partial charge in [-0.05, 0) is 49.2 Å². The van der Waals surface area contributed by atoms with Crippen LogP contribution in [-0.4, -0.2) is 54.2 Å². The number of methoxy groups -OCH3 is 1. The van der Waals surface area contributed by atoms with Crippen molar-refractivity contribution in [3.8, 4) is 34.4 Å². The van der Waals surface area contributed by atoms with Crippen molar-refractivity contribution in [2.24, 2.45) is 0 Å². The summed E-state index contributed by atoms with van der Waals surface area (Å²) < 4.78 is 64.3. The topological polar surface area (TPSA) is 142 Å². The van der Waals surface area contributed by atoms with E-state index < -0.39 is 35.9 Å². The van der Waals surface area contributed by atoms with Gasteiger partial charge in [0.1, 0.15) is 35.0 Å². The van der Waals surface area contributed by atoms with Crippen molar-refractivity contribution in [2.45, 2.75) is 24.6 Å². The summed E-state index contributed by atoms with van der Waals surface area (Å²) in [6.07, 6.45) is -2.40. The van der Waals surface area contributed by atoms with Crippen LogP contribution in [0.1, 0.15) is 33.6 Å². The Labute approximate surface area is 235 Å². The summed E-state index contributed by atoms with van der Waals surface area (Å²) in [7, 11) is 2.67. The third-order valence-corrected chi connectivity index (χ3v) is 6.62. The first-order valence-electron chi connectivity index (χ1n) is 12.5. The lowest BCUT2D eigenvalue weighted by atomic mass is 10.0. The highest BCUT2D eigenvalue weighted by molar-refractivity contribution is 6.11. The van der Waals surface area contributed by atoms with Gasteiger partial charge in [0.15, 0.2) is 0 Å². The zero-order valence-corrected chi connectivity index (χ0v) is 22.1. The van der Waals surface area contributed by atoms with E-state index in [1.165, 1.54) is 56.8 Å². The Bertz CT molecular complexity index is 1740. The van der Waals surface area contributed by atoms with Crippen molar-refractivity contribution in [3.63, 3.8) is 0 Å². The number of amides is 2. The number of hydrogen-bond donors (Lipinski definition) is 3. The summed E-state index contributed by atoms with van der Waals surface area (Å²) in [5.74, 6) is -2.09. The summed E-state index contributed by atoms with van der Waals surface area (Å²) in [5.41, 5.74) is -0.665. The molecule has 2 amide bonds. The molecule has 0 bridgehead atoms. The number of nitriles is 1. The van der Waals surface area contributed by atoms with Crippen LogP contribution >= 0.6 is 0 Å². The Morgan fingerprint density at radius 3 is 2.45 bits per heavy atom. The number of alkyl halides is 3. The molecule has 1 aliphatic carbocycles. The van der Waals surface area contributed by atoms with E-state index >= 15 is 0 Å². The number of anilines is 1. The van der Waals surface area contributed by atoms with Crippen molar-refractivity contribution < 1.29 is 36.3 Å². The average Bonchev–Trinajstić information content (AvgIpc) is 3.65. The minimum atomic E-state index is -4.61. The number of fused-ring (bicyclic) bond motifs is 1. The molecule has 1 fully saturated rings. The molecule has 0 spiro atoms. The fourth-order valence-electron chi connectivity index (χ4n) is 4.32. The molecule has 14 heteroatoms. The molecule has 10 nitrogen and oxygen atoms in total. The molecule has 1 saturated carbocycles. The van der Waals surface area contributed by atoms with Crippen molar-refractivity contribution >= 4 is 28.7 Å². The number of halogens is 4. The van der Waals surface area contributed by atoms with Gasteiger partial charge >= 0.3 is 6.18 Å². The predicted molar refractivity (Wildman–Crippen MR) is 142 cm³/mol. The van der Waals surface area contributed by atoms with E-state index in [1.807, 2.05) is 6.07 Å². The van der Waals surface area contributed by atoms with Crippen LogP contribution in [-0.2, 0) is 0 Å². The number of nitrogens with zero attached hydrogens (tertiary/aromatic N) is 3. The maximum atomic E-state index is 13.6. The van der Waals surface area contributed by atoms with Crippen molar-refractivity contribution in [1.82, 2.24) is 20.6 Å². The van der Waals surface area contributed by atoms with Crippen molar-refractivity contribution in [3.05, 3.63) is 59.5 Å². The Balaban J connectivity index is 1.70. The van der Waals surface area contributed by atoms with Crippen LogP contribution in [0.25, 0.3) is 33.6 Å². The van der Waals surface area contributed by atoms with Gasteiger partial charge in [0.25, 0.3) is 11.8 Å². The van der Waals surface area contributed by atoms with Crippen LogP contribution in [0, 0.1) is 17.1 Å².